The molecule has 2 aliphatic rings. The molecule has 2 heterocycles. The Labute approximate surface area is 67.5 Å². The molecule has 2 saturated heterocycles. The molecule has 0 amide bonds. The van der Waals surface area contributed by atoms with Crippen molar-refractivity contribution in [3.63, 3.8) is 0 Å². The highest BCUT2D eigenvalue weighted by molar-refractivity contribution is 5.17. The minimum atomic E-state index is 0.383. The second-order valence-corrected chi connectivity index (χ2v) is 3.99. The summed E-state index contributed by atoms with van der Waals surface area (Å²) in [5, 5.41) is 8.85. The van der Waals surface area contributed by atoms with Crippen LogP contribution in [0, 0.1) is 0 Å². The highest BCUT2D eigenvalue weighted by atomic mass is 16.2. The van der Waals surface area contributed by atoms with Gasteiger partial charge in [-0.15, -0.1) is 0 Å². The van der Waals surface area contributed by atoms with E-state index >= 15 is 0 Å². The summed E-state index contributed by atoms with van der Waals surface area (Å²) >= 11 is 0. The van der Waals surface area contributed by atoms with Crippen LogP contribution in [-0.2, 0) is 0 Å². The fourth-order valence-corrected chi connectivity index (χ4v) is 2.43. The predicted molar refractivity (Wildman–Crippen MR) is 44.5 cm³/mol. The standard InChI is InChI=1S/C9H15NO/c1-9-3-2-4-10(9)6-8(5-9)7-11/h7,11H,2-6H2,1H3/b8-7+/t9-/m0/s1. The van der Waals surface area contributed by atoms with Gasteiger partial charge in [-0.1, -0.05) is 0 Å². The monoisotopic (exact) mass is 153 g/mol. The van der Waals surface area contributed by atoms with Gasteiger partial charge < -0.3 is 5.11 Å². The van der Waals surface area contributed by atoms with E-state index in [0.29, 0.717) is 5.54 Å². The first-order chi connectivity index (χ1) is 5.24. The molecule has 0 aromatic heterocycles. The summed E-state index contributed by atoms with van der Waals surface area (Å²) in [5.41, 5.74) is 1.58. The van der Waals surface area contributed by atoms with E-state index in [1.165, 1.54) is 31.2 Å². The van der Waals surface area contributed by atoms with Crippen molar-refractivity contribution in [3.8, 4) is 0 Å². The third kappa shape index (κ3) is 0.968. The molecule has 2 rings (SSSR count). The average Bonchev–Trinajstić information content (AvgIpc) is 2.42. The summed E-state index contributed by atoms with van der Waals surface area (Å²) in [6, 6.07) is 0. The minimum Gasteiger partial charge on any atom is -0.516 e. The van der Waals surface area contributed by atoms with Gasteiger partial charge in [0, 0.05) is 12.1 Å². The Kier molecular flexibility index (Phi) is 1.46. The molecule has 2 nitrogen and oxygen atoms in total. The second kappa shape index (κ2) is 2.24. The molecule has 2 fully saturated rings. The quantitative estimate of drug-likeness (QED) is 0.535. The van der Waals surface area contributed by atoms with E-state index in [9.17, 15) is 0 Å². The maximum absolute atomic E-state index is 8.85. The fraction of sp³-hybridized carbons (Fsp3) is 0.778. The number of hydrogen-bond donors (Lipinski definition) is 1. The molecular weight excluding hydrogens is 138 g/mol. The fourth-order valence-electron chi connectivity index (χ4n) is 2.43. The Hall–Kier alpha value is -0.500. The highest BCUT2D eigenvalue weighted by Crippen LogP contribution is 2.40. The number of aliphatic hydroxyl groups excluding tert-OH is 1. The van der Waals surface area contributed by atoms with Crippen LogP contribution in [0.3, 0.4) is 0 Å². The van der Waals surface area contributed by atoms with Crippen molar-refractivity contribution in [1.82, 2.24) is 4.90 Å². The van der Waals surface area contributed by atoms with Gasteiger partial charge >= 0.3 is 0 Å². The van der Waals surface area contributed by atoms with Crippen LogP contribution in [0.4, 0.5) is 0 Å². The van der Waals surface area contributed by atoms with Crippen molar-refractivity contribution in [1.29, 1.82) is 0 Å². The van der Waals surface area contributed by atoms with Crippen molar-refractivity contribution in [2.45, 2.75) is 31.7 Å². The Bertz CT molecular complexity index is 200. The summed E-state index contributed by atoms with van der Waals surface area (Å²) in [7, 11) is 0. The topological polar surface area (TPSA) is 23.5 Å². The molecule has 0 aromatic rings. The number of aliphatic hydroxyl groups is 1. The maximum atomic E-state index is 8.85. The van der Waals surface area contributed by atoms with Crippen LogP contribution in [0.2, 0.25) is 0 Å². The van der Waals surface area contributed by atoms with E-state index < -0.39 is 0 Å². The molecule has 0 saturated carbocycles. The summed E-state index contributed by atoms with van der Waals surface area (Å²) in [6.45, 7) is 4.51. The van der Waals surface area contributed by atoms with Gasteiger partial charge in [-0.25, -0.2) is 0 Å². The lowest BCUT2D eigenvalue weighted by Crippen LogP contribution is -2.34. The number of nitrogens with zero attached hydrogens (tertiary/aromatic N) is 1. The average molecular weight is 153 g/mol. The molecule has 11 heavy (non-hydrogen) atoms. The Morgan fingerprint density at radius 3 is 3.09 bits per heavy atom. The molecule has 1 N–H and O–H groups in total. The molecule has 0 unspecified atom stereocenters. The molecular formula is C9H15NO. The third-order valence-electron chi connectivity index (χ3n) is 3.09. The lowest BCUT2D eigenvalue weighted by atomic mass is 9.95. The summed E-state index contributed by atoms with van der Waals surface area (Å²) < 4.78 is 0. The molecule has 62 valence electrons. The zero-order valence-corrected chi connectivity index (χ0v) is 7.01. The largest absolute Gasteiger partial charge is 0.516 e. The predicted octanol–water partition coefficient (Wildman–Crippen LogP) is 1.69. The molecule has 2 heteroatoms. The van der Waals surface area contributed by atoms with Crippen LogP contribution in [0.25, 0.3) is 0 Å². The molecule has 0 aromatic carbocycles. The van der Waals surface area contributed by atoms with Gasteiger partial charge in [-0.2, -0.15) is 0 Å². The molecule has 0 aliphatic carbocycles. The van der Waals surface area contributed by atoms with E-state index in [2.05, 4.69) is 11.8 Å². The molecule has 2 aliphatic heterocycles. The van der Waals surface area contributed by atoms with Crippen molar-refractivity contribution < 1.29 is 5.11 Å². The molecule has 0 spiro atoms. The molecule has 0 radical (unpaired) electrons. The lowest BCUT2D eigenvalue weighted by molar-refractivity contribution is 0.218. The SMILES string of the molecule is C[C@@]12CCCN1C/C(=C/O)C2. The van der Waals surface area contributed by atoms with E-state index in [0.717, 1.165) is 13.0 Å². The van der Waals surface area contributed by atoms with E-state index in [1.54, 1.807) is 0 Å². The minimum absolute atomic E-state index is 0.383. The van der Waals surface area contributed by atoms with Crippen LogP contribution in [-0.4, -0.2) is 28.6 Å². The number of hydrogen-bond acceptors (Lipinski definition) is 2. The Balaban J connectivity index is 2.19. The Morgan fingerprint density at radius 1 is 1.64 bits per heavy atom. The van der Waals surface area contributed by atoms with E-state index in [-0.39, 0.29) is 0 Å². The normalized spacial score (nSPS) is 41.7. The van der Waals surface area contributed by atoms with Crippen molar-refractivity contribution in [2.75, 3.05) is 13.1 Å². The van der Waals surface area contributed by atoms with Gasteiger partial charge in [0.15, 0.2) is 0 Å². The van der Waals surface area contributed by atoms with Gasteiger partial charge in [-0.05, 0) is 38.3 Å². The van der Waals surface area contributed by atoms with Crippen LogP contribution in [0.1, 0.15) is 26.2 Å². The van der Waals surface area contributed by atoms with E-state index in [4.69, 9.17) is 5.11 Å². The highest BCUT2D eigenvalue weighted by Gasteiger charge is 2.42. The van der Waals surface area contributed by atoms with Crippen LogP contribution < -0.4 is 0 Å². The zero-order chi connectivity index (χ0) is 7.90. The number of rotatable bonds is 0. The summed E-state index contributed by atoms with van der Waals surface area (Å²) in [6.07, 6.45) is 4.99. The van der Waals surface area contributed by atoms with Crippen molar-refractivity contribution in [2.24, 2.45) is 0 Å². The van der Waals surface area contributed by atoms with Crippen molar-refractivity contribution >= 4 is 0 Å². The molecule has 0 bridgehead atoms. The molecule has 1 atom stereocenters. The Morgan fingerprint density at radius 2 is 2.45 bits per heavy atom. The van der Waals surface area contributed by atoms with Crippen LogP contribution in [0.5, 0.6) is 0 Å². The zero-order valence-electron chi connectivity index (χ0n) is 7.01. The smallest absolute Gasteiger partial charge is 0.0797 e. The first kappa shape index (κ1) is 7.17. The van der Waals surface area contributed by atoms with Crippen molar-refractivity contribution in [3.05, 3.63) is 11.8 Å². The first-order valence-corrected chi connectivity index (χ1v) is 4.32. The van der Waals surface area contributed by atoms with Crippen LogP contribution in [0.15, 0.2) is 11.8 Å². The van der Waals surface area contributed by atoms with Gasteiger partial charge in [0.25, 0.3) is 0 Å². The summed E-state index contributed by atoms with van der Waals surface area (Å²) in [5.74, 6) is 0. The first-order valence-electron chi connectivity index (χ1n) is 4.32. The third-order valence-corrected chi connectivity index (χ3v) is 3.09. The maximum Gasteiger partial charge on any atom is 0.0797 e. The van der Waals surface area contributed by atoms with Gasteiger partial charge in [0.1, 0.15) is 0 Å². The van der Waals surface area contributed by atoms with E-state index in [1.807, 2.05) is 0 Å². The van der Waals surface area contributed by atoms with Gasteiger partial charge in [-0.3, -0.25) is 4.90 Å². The van der Waals surface area contributed by atoms with Crippen LogP contribution >= 0.6 is 0 Å². The number of fused-ring (bicyclic) bond motifs is 1. The second-order valence-electron chi connectivity index (χ2n) is 3.99. The van der Waals surface area contributed by atoms with Gasteiger partial charge in [0.2, 0.25) is 0 Å². The van der Waals surface area contributed by atoms with Gasteiger partial charge in [0.05, 0.1) is 6.26 Å². The lowest BCUT2D eigenvalue weighted by Gasteiger charge is -2.25. The summed E-state index contributed by atoms with van der Waals surface area (Å²) in [4.78, 5) is 2.48.